The summed E-state index contributed by atoms with van der Waals surface area (Å²) in [6.07, 6.45) is 1.51. The first-order valence-corrected chi connectivity index (χ1v) is 8.58. The summed E-state index contributed by atoms with van der Waals surface area (Å²) in [6, 6.07) is 13.3. The Kier molecular flexibility index (Phi) is 4.24. The van der Waals surface area contributed by atoms with E-state index in [1.54, 1.807) is 19.1 Å². The summed E-state index contributed by atoms with van der Waals surface area (Å²) in [5.41, 5.74) is 3.32. The van der Waals surface area contributed by atoms with Crippen LogP contribution in [0.4, 0.5) is 10.3 Å². The summed E-state index contributed by atoms with van der Waals surface area (Å²) in [4.78, 5) is 17.4. The van der Waals surface area contributed by atoms with Gasteiger partial charge in [0.15, 0.2) is 0 Å². The Morgan fingerprint density at radius 3 is 2.93 bits per heavy atom. The highest BCUT2D eigenvalue weighted by atomic mass is 19.1. The largest absolute Gasteiger partial charge is 0.458 e. The van der Waals surface area contributed by atoms with Crippen molar-refractivity contribution >= 4 is 23.0 Å². The van der Waals surface area contributed by atoms with E-state index in [2.05, 4.69) is 16.9 Å². The number of rotatable bonds is 4. The Bertz CT molecular complexity index is 1080. The standard InChI is InChI=1S/C21H18FN3O2/c1-3-11-27-20(26)18-13(2)23-21-24-16-9-4-5-10-17(16)25(21)19(18)14-7-6-8-15(22)12-14/h3-10,12,19H,1,11H2,2H3,(H,23,24). The molecule has 2 aromatic carbocycles. The van der Waals surface area contributed by atoms with Crippen LogP contribution in [0.1, 0.15) is 18.5 Å². The van der Waals surface area contributed by atoms with Crippen molar-refractivity contribution in [3.8, 4) is 0 Å². The first-order valence-electron chi connectivity index (χ1n) is 8.58. The quantitative estimate of drug-likeness (QED) is 0.558. The number of para-hydroxylation sites is 2. The van der Waals surface area contributed by atoms with Gasteiger partial charge in [-0.1, -0.05) is 36.9 Å². The average molecular weight is 363 g/mol. The molecule has 1 unspecified atom stereocenters. The molecule has 1 aromatic heterocycles. The van der Waals surface area contributed by atoms with Gasteiger partial charge in [-0.05, 0) is 36.8 Å². The number of allylic oxidation sites excluding steroid dienone is 1. The third-order valence-corrected chi connectivity index (χ3v) is 4.55. The molecule has 0 fully saturated rings. The monoisotopic (exact) mass is 363 g/mol. The van der Waals surface area contributed by atoms with Crippen LogP contribution in [0.25, 0.3) is 11.0 Å². The van der Waals surface area contributed by atoms with Gasteiger partial charge in [0.2, 0.25) is 5.95 Å². The number of benzene rings is 2. The topological polar surface area (TPSA) is 56.1 Å². The van der Waals surface area contributed by atoms with Gasteiger partial charge >= 0.3 is 5.97 Å². The summed E-state index contributed by atoms with van der Waals surface area (Å²) in [5, 5.41) is 3.18. The number of hydrogen-bond donors (Lipinski definition) is 1. The fraction of sp³-hybridized carbons (Fsp3) is 0.143. The van der Waals surface area contributed by atoms with Crippen molar-refractivity contribution in [3.63, 3.8) is 0 Å². The van der Waals surface area contributed by atoms with Gasteiger partial charge in [0.25, 0.3) is 0 Å². The summed E-state index contributed by atoms with van der Waals surface area (Å²) in [5.74, 6) is -0.241. The second kappa shape index (κ2) is 6.72. The van der Waals surface area contributed by atoms with E-state index in [-0.39, 0.29) is 12.4 Å². The van der Waals surface area contributed by atoms with E-state index in [4.69, 9.17) is 4.74 Å². The van der Waals surface area contributed by atoms with E-state index in [0.717, 1.165) is 11.0 Å². The molecule has 0 saturated heterocycles. The van der Waals surface area contributed by atoms with Gasteiger partial charge in [0, 0.05) is 5.70 Å². The Hall–Kier alpha value is -3.41. The molecule has 136 valence electrons. The number of halogens is 1. The number of nitrogens with one attached hydrogen (secondary N) is 1. The maximum Gasteiger partial charge on any atom is 0.338 e. The molecule has 1 aliphatic rings. The maximum absolute atomic E-state index is 14.0. The number of carbonyl (C=O) groups is 1. The lowest BCUT2D eigenvalue weighted by molar-refractivity contribution is -0.138. The SMILES string of the molecule is C=CCOC(=O)C1=C(C)Nc2nc3ccccc3n2C1c1cccc(F)c1. The Morgan fingerprint density at radius 2 is 2.15 bits per heavy atom. The van der Waals surface area contributed by atoms with Crippen molar-refractivity contribution in [1.82, 2.24) is 9.55 Å². The van der Waals surface area contributed by atoms with Gasteiger partial charge in [0.05, 0.1) is 22.6 Å². The molecule has 5 nitrogen and oxygen atoms in total. The van der Waals surface area contributed by atoms with Gasteiger partial charge in [-0.25, -0.2) is 14.2 Å². The number of fused-ring (bicyclic) bond motifs is 3. The highest BCUT2D eigenvalue weighted by Crippen LogP contribution is 2.39. The van der Waals surface area contributed by atoms with Crippen LogP contribution in [0.15, 0.2) is 72.5 Å². The number of ether oxygens (including phenoxy) is 1. The van der Waals surface area contributed by atoms with E-state index in [9.17, 15) is 9.18 Å². The third kappa shape index (κ3) is 2.89. The van der Waals surface area contributed by atoms with Crippen molar-refractivity contribution in [2.45, 2.75) is 13.0 Å². The molecule has 0 aliphatic carbocycles. The molecule has 4 rings (SSSR count). The van der Waals surface area contributed by atoms with Crippen LogP contribution in [0, 0.1) is 5.82 Å². The van der Waals surface area contributed by atoms with Crippen LogP contribution >= 0.6 is 0 Å². The minimum atomic E-state index is -0.554. The number of carbonyl (C=O) groups excluding carboxylic acids is 1. The fourth-order valence-electron chi connectivity index (χ4n) is 3.43. The van der Waals surface area contributed by atoms with Gasteiger partial charge in [-0.3, -0.25) is 4.57 Å². The molecular formula is C21H18FN3O2. The molecule has 1 aliphatic heterocycles. The lowest BCUT2D eigenvalue weighted by atomic mass is 9.95. The molecule has 0 saturated carbocycles. The summed E-state index contributed by atoms with van der Waals surface area (Å²) >= 11 is 0. The molecule has 0 bridgehead atoms. The average Bonchev–Trinajstić information content (AvgIpc) is 3.02. The van der Waals surface area contributed by atoms with Gasteiger partial charge < -0.3 is 10.1 Å². The summed E-state index contributed by atoms with van der Waals surface area (Å²) < 4.78 is 21.2. The molecule has 0 spiro atoms. The number of aromatic nitrogens is 2. The Morgan fingerprint density at radius 1 is 1.33 bits per heavy atom. The minimum absolute atomic E-state index is 0.100. The zero-order chi connectivity index (χ0) is 19.0. The second-order valence-corrected chi connectivity index (χ2v) is 6.30. The van der Waals surface area contributed by atoms with Crippen LogP contribution in [0.2, 0.25) is 0 Å². The number of hydrogen-bond acceptors (Lipinski definition) is 4. The second-order valence-electron chi connectivity index (χ2n) is 6.30. The number of imidazole rings is 1. The molecule has 6 heteroatoms. The fourth-order valence-corrected chi connectivity index (χ4v) is 3.43. The first kappa shape index (κ1) is 17.0. The number of nitrogens with zero attached hydrogens (tertiary/aromatic N) is 2. The summed E-state index contributed by atoms with van der Waals surface area (Å²) in [7, 11) is 0. The van der Waals surface area contributed by atoms with E-state index in [1.807, 2.05) is 28.8 Å². The predicted molar refractivity (Wildman–Crippen MR) is 102 cm³/mol. The minimum Gasteiger partial charge on any atom is -0.458 e. The molecular weight excluding hydrogens is 345 g/mol. The lowest BCUT2D eigenvalue weighted by Gasteiger charge is -2.30. The highest BCUT2D eigenvalue weighted by molar-refractivity contribution is 5.94. The molecule has 1 N–H and O–H groups in total. The molecule has 1 atom stereocenters. The third-order valence-electron chi connectivity index (χ3n) is 4.55. The van der Waals surface area contributed by atoms with E-state index in [1.165, 1.54) is 18.2 Å². The van der Waals surface area contributed by atoms with Crippen molar-refractivity contribution < 1.29 is 13.9 Å². The van der Waals surface area contributed by atoms with E-state index in [0.29, 0.717) is 22.8 Å². The van der Waals surface area contributed by atoms with Gasteiger partial charge in [0.1, 0.15) is 12.4 Å². The normalized spacial score (nSPS) is 16.0. The predicted octanol–water partition coefficient (Wildman–Crippen LogP) is 4.19. The van der Waals surface area contributed by atoms with Crippen molar-refractivity contribution in [2.24, 2.45) is 0 Å². The van der Waals surface area contributed by atoms with Crippen molar-refractivity contribution in [3.05, 3.63) is 83.8 Å². The smallest absolute Gasteiger partial charge is 0.338 e. The van der Waals surface area contributed by atoms with Crippen LogP contribution in [-0.4, -0.2) is 22.1 Å². The zero-order valence-electron chi connectivity index (χ0n) is 14.8. The van der Waals surface area contributed by atoms with Crippen molar-refractivity contribution in [1.29, 1.82) is 0 Å². The Labute approximate surface area is 155 Å². The Balaban J connectivity index is 1.95. The first-order chi connectivity index (χ1) is 13.1. The van der Waals surface area contributed by atoms with Crippen LogP contribution < -0.4 is 5.32 Å². The molecule has 2 heterocycles. The van der Waals surface area contributed by atoms with Crippen molar-refractivity contribution in [2.75, 3.05) is 11.9 Å². The number of anilines is 1. The van der Waals surface area contributed by atoms with E-state index >= 15 is 0 Å². The molecule has 0 radical (unpaired) electrons. The molecule has 0 amide bonds. The summed E-state index contributed by atoms with van der Waals surface area (Å²) in [6.45, 7) is 5.47. The van der Waals surface area contributed by atoms with Crippen LogP contribution in [0.3, 0.4) is 0 Å². The zero-order valence-corrected chi connectivity index (χ0v) is 14.8. The van der Waals surface area contributed by atoms with Crippen LogP contribution in [0.5, 0.6) is 0 Å². The van der Waals surface area contributed by atoms with Gasteiger partial charge in [-0.2, -0.15) is 0 Å². The highest BCUT2D eigenvalue weighted by Gasteiger charge is 2.35. The lowest BCUT2D eigenvalue weighted by Crippen LogP contribution is -2.29. The number of esters is 1. The molecule has 27 heavy (non-hydrogen) atoms. The maximum atomic E-state index is 14.0. The van der Waals surface area contributed by atoms with E-state index < -0.39 is 12.0 Å². The van der Waals surface area contributed by atoms with Crippen LogP contribution in [-0.2, 0) is 9.53 Å². The van der Waals surface area contributed by atoms with Gasteiger partial charge in [-0.15, -0.1) is 0 Å². The molecule has 3 aromatic rings.